The van der Waals surface area contributed by atoms with E-state index >= 15 is 0 Å². The zero-order chi connectivity index (χ0) is 18.3. The average Bonchev–Trinajstić information content (AvgIpc) is 3.04. The predicted octanol–water partition coefficient (Wildman–Crippen LogP) is 3.22. The number of hydrogen-bond acceptors (Lipinski definition) is 5. The van der Waals surface area contributed by atoms with E-state index in [1.807, 2.05) is 5.38 Å². The second-order valence-electron chi connectivity index (χ2n) is 5.68. The molecule has 7 heteroatoms. The van der Waals surface area contributed by atoms with Gasteiger partial charge in [-0.3, -0.25) is 14.0 Å². The molecule has 0 unspecified atom stereocenters. The lowest BCUT2D eigenvalue weighted by atomic mass is 10.1. The standard InChI is InChI=1S/C19H12FN3O2S/c20-13-5-3-12(4-6-13)16-10-26-19-22-18(25)15(17(21)23(16)19)9-11-1-7-14(24)8-2-11/h1-10H,21H2. The van der Waals surface area contributed by atoms with Crippen molar-refractivity contribution in [3.63, 3.8) is 0 Å². The van der Waals surface area contributed by atoms with Gasteiger partial charge in [-0.2, -0.15) is 4.98 Å². The van der Waals surface area contributed by atoms with Gasteiger partial charge in [0.05, 0.1) is 11.3 Å². The van der Waals surface area contributed by atoms with Crippen molar-refractivity contribution in [3.05, 3.63) is 81.3 Å². The number of rotatable bonds is 2. The third-order valence-electron chi connectivity index (χ3n) is 3.98. The van der Waals surface area contributed by atoms with Crippen molar-refractivity contribution >= 4 is 34.0 Å². The smallest absolute Gasteiger partial charge is 0.283 e. The van der Waals surface area contributed by atoms with Gasteiger partial charge in [0.2, 0.25) is 0 Å². The zero-order valence-electron chi connectivity index (χ0n) is 13.3. The summed E-state index contributed by atoms with van der Waals surface area (Å²) in [6.45, 7) is 0. The van der Waals surface area contributed by atoms with Crippen molar-refractivity contribution in [2.45, 2.75) is 0 Å². The Morgan fingerprint density at radius 3 is 2.46 bits per heavy atom. The number of halogens is 1. The van der Waals surface area contributed by atoms with Crippen molar-refractivity contribution < 1.29 is 9.18 Å². The lowest BCUT2D eigenvalue weighted by Gasteiger charge is -2.08. The highest BCUT2D eigenvalue weighted by atomic mass is 32.1. The number of fused-ring (bicyclic) bond motifs is 1. The summed E-state index contributed by atoms with van der Waals surface area (Å²) in [5.74, 6) is -0.203. The first-order chi connectivity index (χ1) is 12.5. The fraction of sp³-hybridized carbons (Fsp3) is 0. The van der Waals surface area contributed by atoms with Crippen molar-refractivity contribution in [1.29, 1.82) is 0 Å². The molecule has 2 aromatic heterocycles. The van der Waals surface area contributed by atoms with E-state index in [2.05, 4.69) is 4.98 Å². The minimum atomic E-state index is -0.443. The first-order valence-electron chi connectivity index (χ1n) is 7.70. The summed E-state index contributed by atoms with van der Waals surface area (Å²) in [6.07, 6.45) is 7.66. The van der Waals surface area contributed by atoms with Crippen molar-refractivity contribution in [3.8, 4) is 11.3 Å². The SMILES string of the molecule is Nc1c(C=C2C=CC(=O)C=C2)c(=O)nc2scc(-c3ccc(F)cc3)n12. The molecule has 0 saturated carbocycles. The number of aromatic nitrogens is 2. The fourth-order valence-corrected chi connectivity index (χ4v) is 3.58. The van der Waals surface area contributed by atoms with Crippen LogP contribution in [0.1, 0.15) is 5.56 Å². The van der Waals surface area contributed by atoms with Crippen LogP contribution in [-0.4, -0.2) is 15.2 Å². The maximum absolute atomic E-state index is 13.2. The van der Waals surface area contributed by atoms with Crippen LogP contribution < -0.4 is 11.3 Å². The molecule has 128 valence electrons. The molecule has 1 aromatic carbocycles. The van der Waals surface area contributed by atoms with Crippen LogP contribution >= 0.6 is 11.3 Å². The third-order valence-corrected chi connectivity index (χ3v) is 4.81. The van der Waals surface area contributed by atoms with E-state index < -0.39 is 5.56 Å². The highest BCUT2D eigenvalue weighted by Gasteiger charge is 2.15. The molecule has 0 radical (unpaired) electrons. The Balaban J connectivity index is 1.92. The summed E-state index contributed by atoms with van der Waals surface area (Å²) >= 11 is 1.28. The van der Waals surface area contributed by atoms with E-state index in [1.165, 1.54) is 35.6 Å². The number of benzene rings is 1. The highest BCUT2D eigenvalue weighted by molar-refractivity contribution is 7.15. The second-order valence-corrected chi connectivity index (χ2v) is 6.51. The second kappa shape index (κ2) is 6.20. The van der Waals surface area contributed by atoms with E-state index in [-0.39, 0.29) is 23.0 Å². The highest BCUT2D eigenvalue weighted by Crippen LogP contribution is 2.28. The van der Waals surface area contributed by atoms with Gasteiger partial charge in [0.15, 0.2) is 10.7 Å². The number of thiazole rings is 1. The number of nitrogen functional groups attached to an aromatic ring is 1. The lowest BCUT2D eigenvalue weighted by Crippen LogP contribution is -2.16. The molecule has 3 aromatic rings. The number of carbonyl (C=O) groups excluding carboxylic acids is 1. The molecule has 0 bridgehead atoms. The van der Waals surface area contributed by atoms with E-state index in [1.54, 1.807) is 34.8 Å². The number of allylic oxidation sites excluding steroid dienone is 5. The number of hydrogen-bond donors (Lipinski definition) is 1. The van der Waals surface area contributed by atoms with Gasteiger partial charge in [-0.25, -0.2) is 4.39 Å². The Bertz CT molecular complexity index is 1170. The first kappa shape index (κ1) is 16.2. The molecule has 26 heavy (non-hydrogen) atoms. The summed E-state index contributed by atoms with van der Waals surface area (Å²) in [6, 6.07) is 6.01. The fourth-order valence-electron chi connectivity index (χ4n) is 2.69. The van der Waals surface area contributed by atoms with Crippen LogP contribution in [0.25, 0.3) is 22.3 Å². The molecule has 4 rings (SSSR count). The molecule has 1 aliphatic carbocycles. The van der Waals surface area contributed by atoms with Gasteiger partial charge in [0.1, 0.15) is 11.6 Å². The van der Waals surface area contributed by atoms with Crippen LogP contribution in [0.5, 0.6) is 0 Å². The predicted molar refractivity (Wildman–Crippen MR) is 100 cm³/mol. The van der Waals surface area contributed by atoms with E-state index in [0.717, 1.165) is 11.3 Å². The summed E-state index contributed by atoms with van der Waals surface area (Å²) in [5, 5.41) is 1.82. The molecular weight excluding hydrogens is 353 g/mol. The summed E-state index contributed by atoms with van der Waals surface area (Å²) in [4.78, 5) is 28.2. The van der Waals surface area contributed by atoms with Gasteiger partial charge >= 0.3 is 0 Å². The van der Waals surface area contributed by atoms with Crippen LogP contribution in [0.2, 0.25) is 0 Å². The Morgan fingerprint density at radius 2 is 1.77 bits per heavy atom. The molecule has 2 heterocycles. The number of carbonyl (C=O) groups is 1. The average molecular weight is 365 g/mol. The number of ketones is 1. The summed E-state index contributed by atoms with van der Waals surface area (Å²) in [5.41, 5.74) is 8.23. The zero-order valence-corrected chi connectivity index (χ0v) is 14.2. The third kappa shape index (κ3) is 2.78. The molecule has 2 N–H and O–H groups in total. The largest absolute Gasteiger partial charge is 0.384 e. The van der Waals surface area contributed by atoms with E-state index in [4.69, 9.17) is 5.73 Å². The molecule has 0 spiro atoms. The van der Waals surface area contributed by atoms with Crippen LogP contribution in [0.3, 0.4) is 0 Å². The van der Waals surface area contributed by atoms with Gasteiger partial charge in [-0.05, 0) is 53.6 Å². The topological polar surface area (TPSA) is 77.5 Å². The Kier molecular flexibility index (Phi) is 3.85. The minimum Gasteiger partial charge on any atom is -0.384 e. The quantitative estimate of drug-likeness (QED) is 0.756. The van der Waals surface area contributed by atoms with Crippen molar-refractivity contribution in [1.82, 2.24) is 9.38 Å². The Morgan fingerprint density at radius 1 is 1.08 bits per heavy atom. The lowest BCUT2D eigenvalue weighted by molar-refractivity contribution is -0.110. The monoisotopic (exact) mass is 365 g/mol. The van der Waals surface area contributed by atoms with Crippen molar-refractivity contribution in [2.24, 2.45) is 0 Å². The van der Waals surface area contributed by atoms with Crippen LogP contribution in [0.15, 0.2) is 64.3 Å². The molecule has 0 saturated heterocycles. The van der Waals surface area contributed by atoms with Gasteiger partial charge in [-0.1, -0.05) is 12.2 Å². The molecule has 0 aliphatic heterocycles. The first-order valence-corrected chi connectivity index (χ1v) is 8.58. The Labute approximate surface area is 151 Å². The minimum absolute atomic E-state index is 0.114. The van der Waals surface area contributed by atoms with Gasteiger partial charge in [-0.15, -0.1) is 11.3 Å². The molecule has 1 aliphatic rings. The normalized spacial score (nSPS) is 13.6. The van der Waals surface area contributed by atoms with E-state index in [0.29, 0.717) is 10.5 Å². The number of nitrogens with zero attached hydrogens (tertiary/aromatic N) is 2. The molecule has 0 atom stereocenters. The maximum atomic E-state index is 13.2. The summed E-state index contributed by atoms with van der Waals surface area (Å²) < 4.78 is 14.9. The Hall–Kier alpha value is -3.32. The van der Waals surface area contributed by atoms with Gasteiger partial charge in [0.25, 0.3) is 5.56 Å². The van der Waals surface area contributed by atoms with Crippen molar-refractivity contribution in [2.75, 3.05) is 5.73 Å². The van der Waals surface area contributed by atoms with Crippen LogP contribution in [-0.2, 0) is 4.79 Å². The molecule has 5 nitrogen and oxygen atoms in total. The number of anilines is 1. The maximum Gasteiger partial charge on any atom is 0.283 e. The van der Waals surface area contributed by atoms with Crippen LogP contribution in [0, 0.1) is 5.82 Å². The van der Waals surface area contributed by atoms with Gasteiger partial charge in [0, 0.05) is 5.38 Å². The van der Waals surface area contributed by atoms with Crippen LogP contribution in [0.4, 0.5) is 10.2 Å². The molecule has 0 amide bonds. The van der Waals surface area contributed by atoms with E-state index in [9.17, 15) is 14.0 Å². The molecule has 0 fully saturated rings. The van der Waals surface area contributed by atoms with Gasteiger partial charge < -0.3 is 5.73 Å². The molecular formula is C19H12FN3O2S. The summed E-state index contributed by atoms with van der Waals surface area (Å²) in [7, 11) is 0. The number of nitrogens with two attached hydrogens (primary N) is 1.